The number of carbonyl (C=O) groups excluding carboxylic acids is 1. The third-order valence-corrected chi connectivity index (χ3v) is 5.05. The lowest BCUT2D eigenvalue weighted by Crippen LogP contribution is -2.26. The Bertz CT molecular complexity index is 689. The molecule has 2 rings (SSSR count). The zero-order valence-electron chi connectivity index (χ0n) is 14.8. The van der Waals surface area contributed by atoms with Crippen LogP contribution in [-0.4, -0.2) is 24.8 Å². The molecule has 0 aliphatic heterocycles. The third kappa shape index (κ3) is 6.89. The lowest BCUT2D eigenvalue weighted by atomic mass is 10.1. The first-order valence-corrected chi connectivity index (χ1v) is 10.1. The number of hydrogen-bond donors (Lipinski definition) is 1. The van der Waals surface area contributed by atoms with Crippen LogP contribution in [0.2, 0.25) is 5.02 Å². The van der Waals surface area contributed by atoms with Gasteiger partial charge in [0.25, 0.3) is 0 Å². The highest BCUT2D eigenvalue weighted by Crippen LogP contribution is 2.23. The maximum Gasteiger partial charge on any atom is 0.230 e. The second-order valence-corrected chi connectivity index (χ2v) is 7.12. The maximum atomic E-state index is 13.6. The predicted octanol–water partition coefficient (Wildman–Crippen LogP) is 4.86. The number of halogens is 2. The van der Waals surface area contributed by atoms with Gasteiger partial charge in [-0.15, -0.1) is 11.8 Å². The van der Waals surface area contributed by atoms with E-state index in [1.807, 2.05) is 31.2 Å². The lowest BCUT2D eigenvalue weighted by molar-refractivity contribution is -0.118. The Balaban J connectivity index is 1.61. The van der Waals surface area contributed by atoms with Crippen LogP contribution in [0.3, 0.4) is 0 Å². The first kappa shape index (κ1) is 20.6. The molecule has 0 bridgehead atoms. The molecular weight excluding hydrogens is 373 g/mol. The molecule has 140 valence electrons. The van der Waals surface area contributed by atoms with Gasteiger partial charge in [-0.05, 0) is 49.6 Å². The minimum Gasteiger partial charge on any atom is -0.494 e. The molecule has 2 aromatic rings. The van der Waals surface area contributed by atoms with Gasteiger partial charge in [-0.25, -0.2) is 4.39 Å². The Morgan fingerprint density at radius 3 is 2.69 bits per heavy atom. The highest BCUT2D eigenvalue weighted by atomic mass is 35.5. The number of amides is 1. The maximum absolute atomic E-state index is 13.6. The third-order valence-electron chi connectivity index (χ3n) is 3.74. The molecule has 0 saturated carbocycles. The number of rotatable bonds is 10. The molecule has 0 unspecified atom stereocenters. The van der Waals surface area contributed by atoms with Crippen molar-refractivity contribution < 1.29 is 13.9 Å². The van der Waals surface area contributed by atoms with E-state index in [1.54, 1.807) is 12.1 Å². The number of thioether (sulfide) groups is 1. The Labute approximate surface area is 163 Å². The molecule has 0 spiro atoms. The van der Waals surface area contributed by atoms with Gasteiger partial charge in [0.1, 0.15) is 11.6 Å². The highest BCUT2D eigenvalue weighted by molar-refractivity contribution is 7.99. The van der Waals surface area contributed by atoms with E-state index < -0.39 is 0 Å². The molecule has 0 atom stereocenters. The summed E-state index contributed by atoms with van der Waals surface area (Å²) in [5, 5.41) is 3.29. The SMILES string of the molecule is CCOc1ccc(CCCNC(=O)CSCc2c(F)cccc2Cl)cc1. The van der Waals surface area contributed by atoms with Crippen LogP contribution >= 0.6 is 23.4 Å². The van der Waals surface area contributed by atoms with Crippen LogP contribution in [0.15, 0.2) is 42.5 Å². The van der Waals surface area contributed by atoms with Crippen molar-refractivity contribution in [1.82, 2.24) is 5.32 Å². The Morgan fingerprint density at radius 2 is 2.00 bits per heavy atom. The zero-order valence-corrected chi connectivity index (χ0v) is 16.3. The van der Waals surface area contributed by atoms with Crippen molar-refractivity contribution in [2.75, 3.05) is 18.9 Å². The van der Waals surface area contributed by atoms with Gasteiger partial charge in [0, 0.05) is 22.9 Å². The lowest BCUT2D eigenvalue weighted by Gasteiger charge is -2.08. The van der Waals surface area contributed by atoms with Crippen LogP contribution in [0, 0.1) is 5.82 Å². The van der Waals surface area contributed by atoms with E-state index in [0.717, 1.165) is 18.6 Å². The van der Waals surface area contributed by atoms with Crippen LogP contribution in [-0.2, 0) is 17.0 Å². The molecule has 1 amide bonds. The van der Waals surface area contributed by atoms with Gasteiger partial charge in [-0.1, -0.05) is 29.8 Å². The molecular formula is C20H23ClFNO2S. The van der Waals surface area contributed by atoms with Crippen molar-refractivity contribution in [3.8, 4) is 5.75 Å². The predicted molar refractivity (Wildman–Crippen MR) is 107 cm³/mol. The average Bonchev–Trinajstić information content (AvgIpc) is 2.63. The topological polar surface area (TPSA) is 38.3 Å². The molecule has 3 nitrogen and oxygen atoms in total. The van der Waals surface area contributed by atoms with E-state index in [2.05, 4.69) is 5.32 Å². The van der Waals surface area contributed by atoms with Crippen LogP contribution in [0.5, 0.6) is 5.75 Å². The van der Waals surface area contributed by atoms with Crippen molar-refractivity contribution >= 4 is 29.3 Å². The van der Waals surface area contributed by atoms with Gasteiger partial charge < -0.3 is 10.1 Å². The summed E-state index contributed by atoms with van der Waals surface area (Å²) in [6, 6.07) is 12.6. The summed E-state index contributed by atoms with van der Waals surface area (Å²) in [7, 11) is 0. The summed E-state index contributed by atoms with van der Waals surface area (Å²) >= 11 is 7.32. The molecule has 1 N–H and O–H groups in total. The second-order valence-electron chi connectivity index (χ2n) is 5.72. The Kier molecular flexibility index (Phi) is 8.78. The first-order chi connectivity index (χ1) is 12.6. The van der Waals surface area contributed by atoms with E-state index in [9.17, 15) is 9.18 Å². The monoisotopic (exact) mass is 395 g/mol. The first-order valence-electron chi connectivity index (χ1n) is 8.59. The molecule has 0 saturated heterocycles. The number of ether oxygens (including phenoxy) is 1. The van der Waals surface area contributed by atoms with Crippen molar-refractivity contribution in [2.45, 2.75) is 25.5 Å². The van der Waals surface area contributed by atoms with Crippen LogP contribution < -0.4 is 10.1 Å². The fourth-order valence-electron chi connectivity index (χ4n) is 2.41. The normalized spacial score (nSPS) is 10.6. The molecule has 0 radical (unpaired) electrons. The largest absolute Gasteiger partial charge is 0.494 e. The zero-order chi connectivity index (χ0) is 18.8. The fraction of sp³-hybridized carbons (Fsp3) is 0.350. The number of benzene rings is 2. The average molecular weight is 396 g/mol. The summed E-state index contributed by atoms with van der Waals surface area (Å²) in [5.41, 5.74) is 1.66. The van der Waals surface area contributed by atoms with Crippen molar-refractivity contribution in [3.63, 3.8) is 0 Å². The van der Waals surface area contributed by atoms with Gasteiger partial charge in [0.15, 0.2) is 0 Å². The van der Waals surface area contributed by atoms with E-state index in [-0.39, 0.29) is 17.5 Å². The fourth-order valence-corrected chi connectivity index (χ4v) is 3.60. The Morgan fingerprint density at radius 1 is 1.23 bits per heavy atom. The molecule has 2 aromatic carbocycles. The second kappa shape index (κ2) is 11.1. The summed E-state index contributed by atoms with van der Waals surface area (Å²) in [6.07, 6.45) is 1.76. The highest BCUT2D eigenvalue weighted by Gasteiger charge is 2.08. The minimum absolute atomic E-state index is 0.0471. The minimum atomic E-state index is -0.333. The number of aryl methyl sites for hydroxylation is 1. The molecule has 0 heterocycles. The van der Waals surface area contributed by atoms with Crippen molar-refractivity contribution in [1.29, 1.82) is 0 Å². The van der Waals surface area contributed by atoms with Crippen LogP contribution in [0.25, 0.3) is 0 Å². The summed E-state index contributed by atoms with van der Waals surface area (Å²) < 4.78 is 19.1. The summed E-state index contributed by atoms with van der Waals surface area (Å²) in [6.45, 7) is 3.24. The van der Waals surface area contributed by atoms with Gasteiger partial charge in [0.05, 0.1) is 12.4 Å². The number of hydrogen-bond acceptors (Lipinski definition) is 3. The van der Waals surface area contributed by atoms with Crippen molar-refractivity contribution in [3.05, 3.63) is 64.4 Å². The summed E-state index contributed by atoms with van der Waals surface area (Å²) in [5.74, 6) is 1.16. The van der Waals surface area contributed by atoms with E-state index in [0.29, 0.717) is 29.5 Å². The van der Waals surface area contributed by atoms with Gasteiger partial charge in [-0.3, -0.25) is 4.79 Å². The van der Waals surface area contributed by atoms with E-state index in [1.165, 1.54) is 23.4 Å². The molecule has 0 aliphatic rings. The van der Waals surface area contributed by atoms with E-state index >= 15 is 0 Å². The smallest absolute Gasteiger partial charge is 0.230 e. The number of carbonyl (C=O) groups is 1. The van der Waals surface area contributed by atoms with Crippen LogP contribution in [0.1, 0.15) is 24.5 Å². The van der Waals surface area contributed by atoms with Crippen molar-refractivity contribution in [2.24, 2.45) is 0 Å². The van der Waals surface area contributed by atoms with E-state index in [4.69, 9.17) is 16.3 Å². The summed E-state index contributed by atoms with van der Waals surface area (Å²) in [4.78, 5) is 11.9. The molecule has 6 heteroatoms. The number of nitrogens with one attached hydrogen (secondary N) is 1. The molecule has 0 fully saturated rings. The van der Waals surface area contributed by atoms with Gasteiger partial charge in [-0.2, -0.15) is 0 Å². The quantitative estimate of drug-likeness (QED) is 0.584. The standard InChI is InChI=1S/C20H23ClFNO2S/c1-2-25-16-10-8-15(9-11-16)5-4-12-23-20(24)14-26-13-17-18(21)6-3-7-19(17)22/h3,6-11H,2,4-5,12-14H2,1H3,(H,23,24). The molecule has 0 aliphatic carbocycles. The Hall–Kier alpha value is -1.72. The molecule has 0 aromatic heterocycles. The van der Waals surface area contributed by atoms with Gasteiger partial charge in [0.2, 0.25) is 5.91 Å². The van der Waals surface area contributed by atoms with Gasteiger partial charge >= 0.3 is 0 Å². The van der Waals surface area contributed by atoms with Crippen LogP contribution in [0.4, 0.5) is 4.39 Å². The molecule has 26 heavy (non-hydrogen) atoms.